The monoisotopic (exact) mass is 393 g/mol. The Labute approximate surface area is 171 Å². The standard InChI is InChI=1S/C22H23N5.ClH/c1-2-6-17-15(4-1)7-8-19(17)26-22-18-9-12-23-13-10-20(18)25-21(27-22)16-5-3-11-24-14-16;/h1-6,11,14,19,23H,7-10,12-13H2,(H,25,26,27);1H. The number of hydrogen-bond acceptors (Lipinski definition) is 5. The number of nitrogens with zero attached hydrogens (tertiary/aromatic N) is 3. The Morgan fingerprint density at radius 3 is 2.75 bits per heavy atom. The van der Waals surface area contributed by atoms with E-state index in [0.29, 0.717) is 6.04 Å². The molecule has 1 aromatic carbocycles. The lowest BCUT2D eigenvalue weighted by atomic mass is 10.1. The summed E-state index contributed by atoms with van der Waals surface area (Å²) < 4.78 is 0. The topological polar surface area (TPSA) is 62.7 Å². The average molecular weight is 394 g/mol. The van der Waals surface area contributed by atoms with Crippen LogP contribution >= 0.6 is 12.4 Å². The molecule has 2 aromatic heterocycles. The van der Waals surface area contributed by atoms with E-state index < -0.39 is 0 Å². The molecular weight excluding hydrogens is 370 g/mol. The van der Waals surface area contributed by atoms with E-state index in [1.165, 1.54) is 16.7 Å². The summed E-state index contributed by atoms with van der Waals surface area (Å²) in [6, 6.07) is 13.0. The first-order chi connectivity index (χ1) is 13.4. The predicted octanol–water partition coefficient (Wildman–Crippen LogP) is 3.75. The van der Waals surface area contributed by atoms with E-state index in [4.69, 9.17) is 9.97 Å². The first-order valence-corrected chi connectivity index (χ1v) is 9.74. The van der Waals surface area contributed by atoms with Gasteiger partial charge in [-0.2, -0.15) is 0 Å². The van der Waals surface area contributed by atoms with E-state index in [0.717, 1.165) is 61.7 Å². The summed E-state index contributed by atoms with van der Waals surface area (Å²) in [7, 11) is 0. The highest BCUT2D eigenvalue weighted by Gasteiger charge is 2.25. The molecule has 0 saturated heterocycles. The third-order valence-electron chi connectivity index (χ3n) is 5.55. The van der Waals surface area contributed by atoms with Gasteiger partial charge in [-0.3, -0.25) is 4.98 Å². The third-order valence-corrected chi connectivity index (χ3v) is 5.55. The normalized spacial score (nSPS) is 17.8. The van der Waals surface area contributed by atoms with Gasteiger partial charge in [0.1, 0.15) is 5.82 Å². The number of rotatable bonds is 3. The van der Waals surface area contributed by atoms with Crippen LogP contribution in [-0.2, 0) is 19.3 Å². The summed E-state index contributed by atoms with van der Waals surface area (Å²) in [6.45, 7) is 1.93. The van der Waals surface area contributed by atoms with Crippen LogP contribution in [0.4, 0.5) is 5.82 Å². The van der Waals surface area contributed by atoms with Crippen LogP contribution in [0.25, 0.3) is 11.4 Å². The Bertz CT molecular complexity index is 960. The summed E-state index contributed by atoms with van der Waals surface area (Å²) in [4.78, 5) is 14.1. The van der Waals surface area contributed by atoms with Crippen molar-refractivity contribution in [3.8, 4) is 11.4 Å². The number of pyridine rings is 1. The highest BCUT2D eigenvalue weighted by molar-refractivity contribution is 5.85. The Morgan fingerprint density at radius 1 is 0.964 bits per heavy atom. The van der Waals surface area contributed by atoms with Gasteiger partial charge in [-0.1, -0.05) is 24.3 Å². The summed E-state index contributed by atoms with van der Waals surface area (Å²) in [5.74, 6) is 1.75. The van der Waals surface area contributed by atoms with Crippen molar-refractivity contribution in [3.05, 3.63) is 71.2 Å². The molecule has 0 fully saturated rings. The highest BCUT2D eigenvalue weighted by Crippen LogP contribution is 2.35. The summed E-state index contributed by atoms with van der Waals surface area (Å²) in [6.07, 6.45) is 7.74. The molecule has 1 atom stereocenters. The van der Waals surface area contributed by atoms with Crippen LogP contribution in [0.5, 0.6) is 0 Å². The van der Waals surface area contributed by atoms with Gasteiger partial charge >= 0.3 is 0 Å². The van der Waals surface area contributed by atoms with Crippen LogP contribution in [0, 0.1) is 0 Å². The lowest BCUT2D eigenvalue weighted by molar-refractivity contribution is 0.708. The molecule has 0 bridgehead atoms. The summed E-state index contributed by atoms with van der Waals surface area (Å²) >= 11 is 0. The van der Waals surface area contributed by atoms with Crippen LogP contribution in [0.3, 0.4) is 0 Å². The van der Waals surface area contributed by atoms with Crippen molar-refractivity contribution in [3.63, 3.8) is 0 Å². The van der Waals surface area contributed by atoms with Gasteiger partial charge in [0.2, 0.25) is 0 Å². The van der Waals surface area contributed by atoms with E-state index >= 15 is 0 Å². The molecule has 0 amide bonds. The second kappa shape index (κ2) is 8.25. The molecule has 6 heteroatoms. The molecule has 3 aromatic rings. The van der Waals surface area contributed by atoms with E-state index in [-0.39, 0.29) is 12.4 Å². The fraction of sp³-hybridized carbons (Fsp3) is 0.318. The van der Waals surface area contributed by atoms with E-state index in [9.17, 15) is 0 Å². The fourth-order valence-corrected chi connectivity index (χ4v) is 4.16. The van der Waals surface area contributed by atoms with Gasteiger partial charge in [0.25, 0.3) is 0 Å². The van der Waals surface area contributed by atoms with Crippen molar-refractivity contribution in [2.24, 2.45) is 0 Å². The molecule has 1 unspecified atom stereocenters. The van der Waals surface area contributed by atoms with Crippen LogP contribution in [0.1, 0.15) is 34.8 Å². The number of fused-ring (bicyclic) bond motifs is 2. The Morgan fingerprint density at radius 2 is 1.86 bits per heavy atom. The molecule has 0 saturated carbocycles. The van der Waals surface area contributed by atoms with E-state index in [1.807, 2.05) is 18.3 Å². The third kappa shape index (κ3) is 3.60. The first kappa shape index (κ1) is 18.8. The molecule has 1 aliphatic heterocycles. The second-order valence-electron chi connectivity index (χ2n) is 7.25. The largest absolute Gasteiger partial charge is 0.363 e. The van der Waals surface area contributed by atoms with Crippen molar-refractivity contribution in [2.75, 3.05) is 18.4 Å². The second-order valence-corrected chi connectivity index (χ2v) is 7.25. The molecule has 2 N–H and O–H groups in total. The Kier molecular flexibility index (Phi) is 5.55. The lowest BCUT2D eigenvalue weighted by Crippen LogP contribution is -2.16. The highest BCUT2D eigenvalue weighted by atomic mass is 35.5. The maximum atomic E-state index is 4.94. The van der Waals surface area contributed by atoms with Gasteiger partial charge < -0.3 is 10.6 Å². The minimum absolute atomic E-state index is 0. The van der Waals surface area contributed by atoms with Gasteiger partial charge in [0.15, 0.2) is 5.82 Å². The van der Waals surface area contributed by atoms with Crippen LogP contribution in [-0.4, -0.2) is 28.0 Å². The van der Waals surface area contributed by atoms with Gasteiger partial charge in [-0.05, 0) is 49.1 Å². The number of benzene rings is 1. The van der Waals surface area contributed by atoms with Crippen LogP contribution in [0.15, 0.2) is 48.8 Å². The molecule has 3 heterocycles. The number of hydrogen-bond donors (Lipinski definition) is 2. The average Bonchev–Trinajstić information content (AvgIpc) is 2.96. The Hall–Kier alpha value is -2.50. The molecule has 1 aliphatic carbocycles. The summed E-state index contributed by atoms with van der Waals surface area (Å²) in [5.41, 5.74) is 6.23. The number of nitrogens with one attached hydrogen (secondary N) is 2. The number of aromatic nitrogens is 3. The van der Waals surface area contributed by atoms with Crippen molar-refractivity contribution < 1.29 is 0 Å². The van der Waals surface area contributed by atoms with Crippen molar-refractivity contribution in [2.45, 2.75) is 31.7 Å². The first-order valence-electron chi connectivity index (χ1n) is 9.74. The van der Waals surface area contributed by atoms with Crippen LogP contribution in [0.2, 0.25) is 0 Å². The zero-order valence-electron chi connectivity index (χ0n) is 15.7. The zero-order valence-corrected chi connectivity index (χ0v) is 16.5. The minimum atomic E-state index is 0. The number of aryl methyl sites for hydroxylation is 1. The maximum Gasteiger partial charge on any atom is 0.163 e. The maximum absolute atomic E-state index is 4.94. The number of halogens is 1. The van der Waals surface area contributed by atoms with Crippen molar-refractivity contribution >= 4 is 18.2 Å². The van der Waals surface area contributed by atoms with Crippen molar-refractivity contribution in [1.29, 1.82) is 0 Å². The van der Waals surface area contributed by atoms with E-state index in [1.54, 1.807) is 6.20 Å². The molecular formula is C22H24ClN5. The molecule has 5 rings (SSSR count). The quantitative estimate of drug-likeness (QED) is 0.709. The summed E-state index contributed by atoms with van der Waals surface area (Å²) in [5, 5.41) is 7.25. The predicted molar refractivity (Wildman–Crippen MR) is 114 cm³/mol. The van der Waals surface area contributed by atoms with Gasteiger partial charge in [-0.25, -0.2) is 9.97 Å². The number of anilines is 1. The smallest absolute Gasteiger partial charge is 0.163 e. The molecule has 5 nitrogen and oxygen atoms in total. The van der Waals surface area contributed by atoms with Crippen LogP contribution < -0.4 is 10.6 Å². The molecule has 28 heavy (non-hydrogen) atoms. The fourth-order valence-electron chi connectivity index (χ4n) is 4.16. The molecule has 0 spiro atoms. The molecule has 0 radical (unpaired) electrons. The lowest BCUT2D eigenvalue weighted by Gasteiger charge is -2.19. The zero-order chi connectivity index (χ0) is 18.1. The van der Waals surface area contributed by atoms with Gasteiger partial charge in [-0.15, -0.1) is 12.4 Å². The van der Waals surface area contributed by atoms with Gasteiger partial charge in [0, 0.05) is 36.5 Å². The molecule has 144 valence electrons. The minimum Gasteiger partial charge on any atom is -0.363 e. The Balaban J connectivity index is 0.00000192. The SMILES string of the molecule is Cl.c1cncc(-c2nc3c(c(NC4CCc5ccccc54)n2)CCNCC3)c1. The molecule has 2 aliphatic rings. The van der Waals surface area contributed by atoms with Gasteiger partial charge in [0.05, 0.1) is 11.7 Å². The van der Waals surface area contributed by atoms with Crippen molar-refractivity contribution in [1.82, 2.24) is 20.3 Å². The van der Waals surface area contributed by atoms with E-state index in [2.05, 4.69) is 39.9 Å².